The molecule has 0 N–H and O–H groups in total. The van der Waals surface area contributed by atoms with E-state index in [9.17, 15) is 18.0 Å². The molecule has 0 aliphatic heterocycles. The van der Waals surface area contributed by atoms with Crippen molar-refractivity contribution in [3.63, 3.8) is 0 Å². The van der Waals surface area contributed by atoms with Crippen molar-refractivity contribution in [3.05, 3.63) is 34.4 Å². The minimum absolute atomic E-state index is 0.252. The molecule has 1 heterocycles. The third-order valence-electron chi connectivity index (χ3n) is 3.48. The van der Waals surface area contributed by atoms with Crippen LogP contribution in [0.15, 0.2) is 28.9 Å². The molecule has 0 aliphatic carbocycles. The van der Waals surface area contributed by atoms with Gasteiger partial charge in [0, 0.05) is 29.1 Å². The van der Waals surface area contributed by atoms with Crippen molar-refractivity contribution in [2.75, 3.05) is 13.1 Å². The highest BCUT2D eigenvalue weighted by Gasteiger charge is 2.30. The van der Waals surface area contributed by atoms with E-state index in [1.54, 1.807) is 23.1 Å². The molecule has 0 radical (unpaired) electrons. The average Bonchev–Trinajstić information content (AvgIpc) is 2.76. The summed E-state index contributed by atoms with van der Waals surface area (Å²) in [5, 5.41) is 0.532. The Morgan fingerprint density at radius 3 is 2.45 bits per heavy atom. The van der Waals surface area contributed by atoms with Gasteiger partial charge >= 0.3 is 6.18 Å². The Morgan fingerprint density at radius 1 is 1.27 bits per heavy atom. The fourth-order valence-corrected chi connectivity index (χ4v) is 2.79. The van der Waals surface area contributed by atoms with Crippen LogP contribution in [-0.4, -0.2) is 34.6 Å². The fourth-order valence-electron chi connectivity index (χ4n) is 2.44. The molecule has 1 aromatic heterocycles. The van der Waals surface area contributed by atoms with E-state index in [4.69, 9.17) is 0 Å². The summed E-state index contributed by atoms with van der Waals surface area (Å²) in [5.74, 6) is -0.252. The lowest BCUT2D eigenvalue weighted by atomic mass is 10.1. The Morgan fingerprint density at radius 2 is 1.91 bits per heavy atom. The first-order chi connectivity index (χ1) is 10.3. The molecule has 120 valence electrons. The lowest BCUT2D eigenvalue weighted by molar-refractivity contribution is -0.139. The van der Waals surface area contributed by atoms with Gasteiger partial charge in [0.1, 0.15) is 6.54 Å². The first-order valence-electron chi connectivity index (χ1n) is 6.91. The lowest BCUT2D eigenvalue weighted by Gasteiger charge is -2.18. The number of alkyl halides is 3. The second-order valence-electron chi connectivity index (χ2n) is 4.92. The predicted octanol–water partition coefficient (Wildman–Crippen LogP) is 4.45. The molecule has 0 saturated carbocycles. The monoisotopic (exact) mass is 376 g/mol. The van der Waals surface area contributed by atoms with Crippen molar-refractivity contribution >= 4 is 32.7 Å². The minimum Gasteiger partial charge on any atom is -0.339 e. The molecule has 0 unspecified atom stereocenters. The summed E-state index contributed by atoms with van der Waals surface area (Å²) in [7, 11) is 0. The fraction of sp³-hybridized carbons (Fsp3) is 0.400. The van der Waals surface area contributed by atoms with E-state index in [1.165, 1.54) is 6.20 Å². The van der Waals surface area contributed by atoms with Gasteiger partial charge < -0.3 is 9.47 Å². The van der Waals surface area contributed by atoms with Crippen LogP contribution in [0, 0.1) is 0 Å². The molecule has 0 aliphatic rings. The molecular formula is C15H16BrF3N2O. The Hall–Kier alpha value is -1.50. The quantitative estimate of drug-likeness (QED) is 0.773. The molecule has 7 heteroatoms. The zero-order valence-corrected chi connectivity index (χ0v) is 13.8. The molecule has 0 bridgehead atoms. The first kappa shape index (κ1) is 16.9. The summed E-state index contributed by atoms with van der Waals surface area (Å²) in [6, 6.07) is 4.99. The summed E-state index contributed by atoms with van der Waals surface area (Å²) in [4.78, 5) is 14.1. The summed E-state index contributed by atoms with van der Waals surface area (Å²) in [6.45, 7) is 3.58. The van der Waals surface area contributed by atoms with Gasteiger partial charge in [-0.05, 0) is 26.0 Å². The summed E-state index contributed by atoms with van der Waals surface area (Å²) in [6.07, 6.45) is -3.05. The van der Waals surface area contributed by atoms with Crippen LogP contribution < -0.4 is 0 Å². The molecular weight excluding hydrogens is 361 g/mol. The van der Waals surface area contributed by atoms with Crippen molar-refractivity contribution in [2.45, 2.75) is 26.6 Å². The van der Waals surface area contributed by atoms with Crippen LogP contribution >= 0.6 is 15.9 Å². The first-order valence-corrected chi connectivity index (χ1v) is 7.70. The van der Waals surface area contributed by atoms with Gasteiger partial charge in [0.2, 0.25) is 0 Å². The van der Waals surface area contributed by atoms with Crippen LogP contribution in [-0.2, 0) is 6.54 Å². The van der Waals surface area contributed by atoms with Crippen LogP contribution in [0.4, 0.5) is 13.2 Å². The smallest absolute Gasteiger partial charge is 0.339 e. The van der Waals surface area contributed by atoms with Gasteiger partial charge in [-0.2, -0.15) is 13.2 Å². The van der Waals surface area contributed by atoms with Gasteiger partial charge in [-0.1, -0.05) is 22.0 Å². The Balaban J connectivity index is 2.58. The number of nitrogens with zero attached hydrogens (tertiary/aromatic N) is 2. The highest BCUT2D eigenvalue weighted by Crippen LogP contribution is 2.29. The van der Waals surface area contributed by atoms with Gasteiger partial charge in [-0.3, -0.25) is 4.79 Å². The number of carbonyl (C=O) groups excluding carboxylic acids is 1. The predicted molar refractivity (Wildman–Crippen MR) is 82.9 cm³/mol. The lowest BCUT2D eigenvalue weighted by Crippen LogP contribution is -2.30. The maximum Gasteiger partial charge on any atom is 0.406 e. The second kappa shape index (κ2) is 6.32. The van der Waals surface area contributed by atoms with Gasteiger partial charge in [-0.25, -0.2) is 0 Å². The number of fused-ring (bicyclic) bond motifs is 1. The highest BCUT2D eigenvalue weighted by atomic mass is 79.9. The Kier molecular flexibility index (Phi) is 4.84. The number of halogens is 4. The third kappa shape index (κ3) is 3.45. The topological polar surface area (TPSA) is 25.2 Å². The number of aromatic nitrogens is 1. The highest BCUT2D eigenvalue weighted by molar-refractivity contribution is 9.10. The van der Waals surface area contributed by atoms with Crippen molar-refractivity contribution in [3.8, 4) is 0 Å². The SMILES string of the molecule is CCN(CC)C(=O)c1cn(CC(F)(F)F)c2cc(Br)ccc12. The van der Waals surface area contributed by atoms with Crippen molar-refractivity contribution in [1.82, 2.24) is 9.47 Å². The van der Waals surface area contributed by atoms with E-state index in [1.807, 2.05) is 13.8 Å². The summed E-state index contributed by atoms with van der Waals surface area (Å²) in [5.41, 5.74) is 0.692. The van der Waals surface area contributed by atoms with Gasteiger partial charge in [0.25, 0.3) is 5.91 Å². The number of amides is 1. The molecule has 0 fully saturated rings. The van der Waals surface area contributed by atoms with E-state index in [2.05, 4.69) is 15.9 Å². The number of carbonyl (C=O) groups is 1. The summed E-state index contributed by atoms with van der Waals surface area (Å²) >= 11 is 3.26. The van der Waals surface area contributed by atoms with Crippen molar-refractivity contribution < 1.29 is 18.0 Å². The van der Waals surface area contributed by atoms with Gasteiger partial charge in [0.05, 0.1) is 11.1 Å². The van der Waals surface area contributed by atoms with Crippen LogP contribution in [0.2, 0.25) is 0 Å². The van der Waals surface area contributed by atoms with Gasteiger partial charge in [0.15, 0.2) is 0 Å². The zero-order valence-electron chi connectivity index (χ0n) is 12.2. The zero-order chi connectivity index (χ0) is 16.5. The van der Waals surface area contributed by atoms with Crippen molar-refractivity contribution in [2.24, 2.45) is 0 Å². The maximum atomic E-state index is 12.7. The molecule has 0 saturated heterocycles. The Labute approximate surface area is 134 Å². The molecule has 0 atom stereocenters. The normalized spacial score (nSPS) is 11.9. The standard InChI is InChI=1S/C15H16BrF3N2O/c1-3-20(4-2)14(22)12-8-21(9-15(17,18)19)13-7-10(16)5-6-11(12)13/h5-8H,3-4,9H2,1-2H3. The molecule has 0 spiro atoms. The molecule has 3 nitrogen and oxygen atoms in total. The van der Waals surface area contributed by atoms with Crippen molar-refractivity contribution in [1.29, 1.82) is 0 Å². The minimum atomic E-state index is -4.34. The number of rotatable bonds is 4. The third-order valence-corrected chi connectivity index (χ3v) is 3.97. The maximum absolute atomic E-state index is 12.7. The number of hydrogen-bond donors (Lipinski definition) is 0. The van der Waals surface area contributed by atoms with E-state index in [0.717, 1.165) is 4.57 Å². The Bertz CT molecular complexity index is 690. The van der Waals surface area contributed by atoms with E-state index < -0.39 is 12.7 Å². The molecule has 2 aromatic rings. The van der Waals surface area contributed by atoms with Crippen LogP contribution in [0.1, 0.15) is 24.2 Å². The molecule has 1 aromatic carbocycles. The van der Waals surface area contributed by atoms with E-state index >= 15 is 0 Å². The number of hydrogen-bond acceptors (Lipinski definition) is 1. The van der Waals surface area contributed by atoms with Crippen LogP contribution in [0.3, 0.4) is 0 Å². The molecule has 22 heavy (non-hydrogen) atoms. The van der Waals surface area contributed by atoms with Gasteiger partial charge in [-0.15, -0.1) is 0 Å². The average molecular weight is 377 g/mol. The number of benzene rings is 1. The molecule has 2 rings (SSSR count). The van der Waals surface area contributed by atoms with E-state index in [0.29, 0.717) is 34.0 Å². The molecule has 1 amide bonds. The van der Waals surface area contributed by atoms with Crippen LogP contribution in [0.5, 0.6) is 0 Å². The van der Waals surface area contributed by atoms with Crippen LogP contribution in [0.25, 0.3) is 10.9 Å². The second-order valence-corrected chi connectivity index (χ2v) is 5.84. The van der Waals surface area contributed by atoms with E-state index in [-0.39, 0.29) is 5.91 Å². The largest absolute Gasteiger partial charge is 0.406 e. The summed E-state index contributed by atoms with van der Waals surface area (Å²) < 4.78 is 40.0.